The van der Waals surface area contributed by atoms with Crippen molar-refractivity contribution in [2.75, 3.05) is 39.8 Å². The Hall–Kier alpha value is -0.610. The molecule has 1 fully saturated rings. The molecule has 0 aromatic carbocycles. The van der Waals surface area contributed by atoms with Crippen molar-refractivity contribution in [1.82, 2.24) is 15.1 Å². The van der Waals surface area contributed by atoms with Gasteiger partial charge < -0.3 is 10.2 Å². The molecule has 15 heavy (non-hydrogen) atoms. The molecule has 0 radical (unpaired) electrons. The SMILES string of the molecule is CCCN1CCN(C(=O)C(C)NC)CC1. The molecule has 4 heteroatoms. The van der Waals surface area contributed by atoms with E-state index in [0.29, 0.717) is 0 Å². The lowest BCUT2D eigenvalue weighted by Crippen LogP contribution is -2.53. The maximum absolute atomic E-state index is 11.8. The number of nitrogens with one attached hydrogen (secondary N) is 1. The molecule has 1 unspecified atom stereocenters. The lowest BCUT2D eigenvalue weighted by molar-refractivity contribution is -0.134. The van der Waals surface area contributed by atoms with E-state index in [1.54, 1.807) is 0 Å². The van der Waals surface area contributed by atoms with Gasteiger partial charge in [-0.3, -0.25) is 9.69 Å². The van der Waals surface area contributed by atoms with E-state index in [2.05, 4.69) is 17.1 Å². The Morgan fingerprint density at radius 3 is 2.40 bits per heavy atom. The van der Waals surface area contributed by atoms with Crippen LogP contribution in [0.25, 0.3) is 0 Å². The van der Waals surface area contributed by atoms with Gasteiger partial charge in [-0.2, -0.15) is 0 Å². The van der Waals surface area contributed by atoms with Crippen molar-refractivity contribution in [3.63, 3.8) is 0 Å². The fraction of sp³-hybridized carbons (Fsp3) is 0.909. The van der Waals surface area contributed by atoms with Crippen LogP contribution in [0.3, 0.4) is 0 Å². The van der Waals surface area contributed by atoms with Gasteiger partial charge in [0.1, 0.15) is 0 Å². The minimum absolute atomic E-state index is 0.0530. The second kappa shape index (κ2) is 6.08. The molecule has 0 aromatic heterocycles. The number of carbonyl (C=O) groups is 1. The van der Waals surface area contributed by atoms with Crippen molar-refractivity contribution in [3.05, 3.63) is 0 Å². The standard InChI is InChI=1S/C11H23N3O/c1-4-5-13-6-8-14(9-7-13)11(15)10(2)12-3/h10,12H,4-9H2,1-3H3. The molecule has 0 aromatic rings. The molecule has 0 saturated carbocycles. The average Bonchev–Trinajstić information content (AvgIpc) is 2.28. The van der Waals surface area contributed by atoms with Gasteiger partial charge in [-0.05, 0) is 26.9 Å². The zero-order chi connectivity index (χ0) is 11.3. The third-order valence-electron chi connectivity index (χ3n) is 3.03. The number of nitrogens with zero attached hydrogens (tertiary/aromatic N) is 2. The third-order valence-corrected chi connectivity index (χ3v) is 3.03. The first kappa shape index (κ1) is 12.5. The van der Waals surface area contributed by atoms with Crippen LogP contribution in [-0.4, -0.2) is 61.5 Å². The van der Waals surface area contributed by atoms with Gasteiger partial charge in [0.05, 0.1) is 6.04 Å². The van der Waals surface area contributed by atoms with Gasteiger partial charge in [0.15, 0.2) is 0 Å². The molecule has 1 rings (SSSR count). The van der Waals surface area contributed by atoms with Crippen LogP contribution in [0, 0.1) is 0 Å². The number of piperazine rings is 1. The summed E-state index contributed by atoms with van der Waals surface area (Å²) >= 11 is 0. The van der Waals surface area contributed by atoms with E-state index >= 15 is 0 Å². The lowest BCUT2D eigenvalue weighted by Gasteiger charge is -2.35. The first-order valence-corrected chi connectivity index (χ1v) is 5.87. The van der Waals surface area contributed by atoms with Crippen LogP contribution in [0.15, 0.2) is 0 Å². The van der Waals surface area contributed by atoms with Crippen LogP contribution in [0.2, 0.25) is 0 Å². The molecule has 1 heterocycles. The Balaban J connectivity index is 2.33. The molecular formula is C11H23N3O. The Bertz CT molecular complexity index is 200. The molecular weight excluding hydrogens is 190 g/mol. The maximum Gasteiger partial charge on any atom is 0.239 e. The van der Waals surface area contributed by atoms with E-state index in [4.69, 9.17) is 0 Å². The number of rotatable bonds is 4. The second-order valence-electron chi connectivity index (χ2n) is 4.18. The zero-order valence-corrected chi connectivity index (χ0v) is 10.1. The van der Waals surface area contributed by atoms with Crippen LogP contribution in [0.5, 0.6) is 0 Å². The molecule has 1 amide bonds. The lowest BCUT2D eigenvalue weighted by atomic mass is 10.2. The molecule has 1 atom stereocenters. The van der Waals surface area contributed by atoms with Crippen molar-refractivity contribution in [2.45, 2.75) is 26.3 Å². The van der Waals surface area contributed by atoms with E-state index < -0.39 is 0 Å². The summed E-state index contributed by atoms with van der Waals surface area (Å²) in [6, 6.07) is -0.0530. The van der Waals surface area contributed by atoms with Gasteiger partial charge in [-0.1, -0.05) is 6.92 Å². The van der Waals surface area contributed by atoms with Crippen LogP contribution in [0.1, 0.15) is 20.3 Å². The molecule has 88 valence electrons. The highest BCUT2D eigenvalue weighted by atomic mass is 16.2. The number of amides is 1. The highest BCUT2D eigenvalue weighted by Crippen LogP contribution is 2.04. The fourth-order valence-corrected chi connectivity index (χ4v) is 1.91. The van der Waals surface area contributed by atoms with E-state index in [9.17, 15) is 4.79 Å². The summed E-state index contributed by atoms with van der Waals surface area (Å²) in [4.78, 5) is 16.2. The van der Waals surface area contributed by atoms with E-state index in [1.807, 2.05) is 18.9 Å². The fourth-order valence-electron chi connectivity index (χ4n) is 1.91. The van der Waals surface area contributed by atoms with Gasteiger partial charge >= 0.3 is 0 Å². The summed E-state index contributed by atoms with van der Waals surface area (Å²) in [5.41, 5.74) is 0. The molecule has 1 aliphatic heterocycles. The van der Waals surface area contributed by atoms with Gasteiger partial charge in [-0.25, -0.2) is 0 Å². The zero-order valence-electron chi connectivity index (χ0n) is 10.1. The quantitative estimate of drug-likeness (QED) is 0.722. The Kier molecular flexibility index (Phi) is 5.05. The molecule has 1 N–H and O–H groups in total. The summed E-state index contributed by atoms with van der Waals surface area (Å²) in [6.45, 7) is 9.08. The van der Waals surface area contributed by atoms with Crippen molar-refractivity contribution < 1.29 is 4.79 Å². The van der Waals surface area contributed by atoms with E-state index in [-0.39, 0.29) is 11.9 Å². The number of carbonyl (C=O) groups excluding carboxylic acids is 1. The first-order valence-electron chi connectivity index (χ1n) is 5.87. The molecule has 4 nitrogen and oxygen atoms in total. The van der Waals surface area contributed by atoms with Crippen molar-refractivity contribution in [2.24, 2.45) is 0 Å². The normalized spacial score (nSPS) is 20.3. The Morgan fingerprint density at radius 1 is 1.33 bits per heavy atom. The van der Waals surface area contributed by atoms with Crippen molar-refractivity contribution in [1.29, 1.82) is 0 Å². The van der Waals surface area contributed by atoms with Gasteiger partial charge in [-0.15, -0.1) is 0 Å². The molecule has 1 aliphatic rings. The summed E-state index contributed by atoms with van der Waals surface area (Å²) in [5, 5.41) is 2.99. The van der Waals surface area contributed by atoms with Crippen LogP contribution in [0.4, 0.5) is 0 Å². The number of likely N-dealkylation sites (N-methyl/N-ethyl adjacent to an activating group) is 1. The highest BCUT2D eigenvalue weighted by Gasteiger charge is 2.23. The first-order chi connectivity index (χ1) is 7.19. The Morgan fingerprint density at radius 2 is 1.93 bits per heavy atom. The number of hydrogen-bond acceptors (Lipinski definition) is 3. The molecule has 1 saturated heterocycles. The van der Waals surface area contributed by atoms with Gasteiger partial charge in [0, 0.05) is 26.2 Å². The molecule has 0 aliphatic carbocycles. The second-order valence-corrected chi connectivity index (χ2v) is 4.18. The van der Waals surface area contributed by atoms with Gasteiger partial charge in [0.25, 0.3) is 0 Å². The van der Waals surface area contributed by atoms with Crippen molar-refractivity contribution >= 4 is 5.91 Å². The largest absolute Gasteiger partial charge is 0.339 e. The summed E-state index contributed by atoms with van der Waals surface area (Å²) in [5.74, 6) is 0.230. The van der Waals surface area contributed by atoms with Crippen molar-refractivity contribution in [3.8, 4) is 0 Å². The molecule has 0 bridgehead atoms. The summed E-state index contributed by atoms with van der Waals surface area (Å²) in [7, 11) is 1.83. The highest BCUT2D eigenvalue weighted by molar-refractivity contribution is 5.81. The topological polar surface area (TPSA) is 35.6 Å². The Labute approximate surface area is 92.6 Å². The average molecular weight is 213 g/mol. The number of hydrogen-bond donors (Lipinski definition) is 1. The predicted octanol–water partition coefficient (Wildman–Crippen LogP) is 0.149. The summed E-state index contributed by atoms with van der Waals surface area (Å²) < 4.78 is 0. The van der Waals surface area contributed by atoms with Crippen LogP contribution < -0.4 is 5.32 Å². The predicted molar refractivity (Wildman–Crippen MR) is 61.8 cm³/mol. The van der Waals surface area contributed by atoms with E-state index in [1.165, 1.54) is 6.42 Å². The molecule has 0 spiro atoms. The third kappa shape index (κ3) is 3.47. The van der Waals surface area contributed by atoms with E-state index in [0.717, 1.165) is 32.7 Å². The minimum atomic E-state index is -0.0530. The smallest absolute Gasteiger partial charge is 0.239 e. The maximum atomic E-state index is 11.8. The van der Waals surface area contributed by atoms with Crippen LogP contribution >= 0.6 is 0 Å². The monoisotopic (exact) mass is 213 g/mol. The summed E-state index contributed by atoms with van der Waals surface area (Å²) in [6.07, 6.45) is 1.20. The van der Waals surface area contributed by atoms with Crippen LogP contribution in [-0.2, 0) is 4.79 Å². The minimum Gasteiger partial charge on any atom is -0.339 e. The van der Waals surface area contributed by atoms with Gasteiger partial charge in [0.2, 0.25) is 5.91 Å².